The van der Waals surface area contributed by atoms with Crippen LogP contribution in [0.2, 0.25) is 0 Å². The molecule has 3 heteroatoms. The van der Waals surface area contributed by atoms with Crippen LogP contribution in [0.3, 0.4) is 0 Å². The van der Waals surface area contributed by atoms with Crippen LogP contribution in [0.15, 0.2) is 24.3 Å². The molecule has 0 atom stereocenters. The molecule has 0 aliphatic rings. The molecule has 0 unspecified atom stereocenters. The number of carbonyl (C=O) groups excluding carboxylic acids is 1. The predicted molar refractivity (Wildman–Crippen MR) is 153 cm³/mol. The Morgan fingerprint density at radius 2 is 0.857 bits per heavy atom. The van der Waals surface area contributed by atoms with Crippen LogP contribution >= 0.6 is 0 Å². The van der Waals surface area contributed by atoms with Crippen molar-refractivity contribution < 1.29 is 9.90 Å². The molecule has 1 amide bonds. The largest absolute Gasteiger partial charge is 0.508 e. The van der Waals surface area contributed by atoms with E-state index in [0.29, 0.717) is 6.42 Å². The van der Waals surface area contributed by atoms with Crippen LogP contribution in [-0.2, 0) is 4.79 Å². The average Bonchev–Trinajstić information content (AvgIpc) is 2.86. The van der Waals surface area contributed by atoms with Crippen molar-refractivity contribution >= 4 is 11.6 Å². The molecule has 202 valence electrons. The SMILES string of the molecule is CCCCCCCCCCCCCCCCCCCCCCCCCC(=O)Nc1ccc(O)cc1. The lowest BCUT2D eigenvalue weighted by Gasteiger charge is -2.06. The van der Waals surface area contributed by atoms with Crippen molar-refractivity contribution in [3.8, 4) is 5.75 Å². The molecule has 0 aliphatic heterocycles. The summed E-state index contributed by atoms with van der Waals surface area (Å²) in [7, 11) is 0. The first kappa shape index (κ1) is 31.5. The summed E-state index contributed by atoms with van der Waals surface area (Å²) in [5, 5.41) is 12.2. The van der Waals surface area contributed by atoms with E-state index in [9.17, 15) is 9.90 Å². The third-order valence-electron chi connectivity index (χ3n) is 7.16. The van der Waals surface area contributed by atoms with Crippen LogP contribution in [0.5, 0.6) is 5.75 Å². The second-order valence-electron chi connectivity index (χ2n) is 10.6. The molecule has 0 aliphatic carbocycles. The van der Waals surface area contributed by atoms with Gasteiger partial charge in [-0.2, -0.15) is 0 Å². The van der Waals surface area contributed by atoms with E-state index in [4.69, 9.17) is 0 Å². The minimum atomic E-state index is 0.0687. The van der Waals surface area contributed by atoms with Gasteiger partial charge in [0.2, 0.25) is 5.91 Å². The molecule has 0 saturated carbocycles. The normalized spacial score (nSPS) is 11.1. The van der Waals surface area contributed by atoms with Crippen LogP contribution < -0.4 is 5.32 Å². The first-order chi connectivity index (χ1) is 17.2. The number of hydrogen-bond acceptors (Lipinski definition) is 2. The van der Waals surface area contributed by atoms with E-state index >= 15 is 0 Å². The van der Waals surface area contributed by atoms with E-state index in [-0.39, 0.29) is 11.7 Å². The third kappa shape index (κ3) is 21.5. The van der Waals surface area contributed by atoms with Crippen molar-refractivity contribution in [1.29, 1.82) is 0 Å². The van der Waals surface area contributed by atoms with Crippen LogP contribution in [-0.4, -0.2) is 11.0 Å². The summed E-state index contributed by atoms with van der Waals surface area (Å²) in [6.07, 6.45) is 32.4. The number of rotatable bonds is 25. The minimum absolute atomic E-state index is 0.0687. The molecule has 0 heterocycles. The molecule has 0 aromatic heterocycles. The predicted octanol–water partition coefficient (Wildman–Crippen LogP) is 10.7. The van der Waals surface area contributed by atoms with E-state index in [0.717, 1.165) is 18.5 Å². The Balaban J connectivity index is 1.71. The van der Waals surface area contributed by atoms with Crippen molar-refractivity contribution in [1.82, 2.24) is 0 Å². The molecule has 35 heavy (non-hydrogen) atoms. The first-order valence-corrected chi connectivity index (χ1v) is 15.3. The number of unbranched alkanes of at least 4 members (excludes halogenated alkanes) is 22. The van der Waals surface area contributed by atoms with Gasteiger partial charge >= 0.3 is 0 Å². The molecule has 3 nitrogen and oxygen atoms in total. The lowest BCUT2D eigenvalue weighted by molar-refractivity contribution is -0.116. The van der Waals surface area contributed by atoms with Crippen LogP contribution in [0.4, 0.5) is 5.69 Å². The zero-order valence-electron chi connectivity index (χ0n) is 23.1. The minimum Gasteiger partial charge on any atom is -0.508 e. The topological polar surface area (TPSA) is 49.3 Å². The average molecular weight is 488 g/mol. The summed E-state index contributed by atoms with van der Waals surface area (Å²) in [6, 6.07) is 6.64. The van der Waals surface area contributed by atoms with Gasteiger partial charge in [-0.3, -0.25) is 4.79 Å². The molecule has 0 bridgehead atoms. The summed E-state index contributed by atoms with van der Waals surface area (Å²) in [5.74, 6) is 0.289. The third-order valence-corrected chi connectivity index (χ3v) is 7.16. The van der Waals surface area contributed by atoms with Crippen molar-refractivity contribution in [3.05, 3.63) is 24.3 Å². The quantitative estimate of drug-likeness (QED) is 0.106. The van der Waals surface area contributed by atoms with Crippen molar-refractivity contribution in [2.75, 3.05) is 5.32 Å². The van der Waals surface area contributed by atoms with Gasteiger partial charge in [-0.25, -0.2) is 0 Å². The van der Waals surface area contributed by atoms with Gasteiger partial charge in [0, 0.05) is 12.1 Å². The van der Waals surface area contributed by atoms with Crippen molar-refractivity contribution in [2.24, 2.45) is 0 Å². The Bertz CT molecular complexity index is 584. The van der Waals surface area contributed by atoms with E-state index < -0.39 is 0 Å². The standard InChI is InChI=1S/C32H57NO2/c1-2-3-4-5-6-7-8-9-10-11-12-13-14-15-16-17-18-19-20-21-22-23-24-25-32(35)33-30-26-28-31(34)29-27-30/h26-29,34H,2-25H2,1H3,(H,33,35). The molecule has 1 aromatic carbocycles. The fraction of sp³-hybridized carbons (Fsp3) is 0.781. The van der Waals surface area contributed by atoms with Gasteiger partial charge in [0.15, 0.2) is 0 Å². The number of benzene rings is 1. The number of phenolic OH excluding ortho intramolecular Hbond substituents is 1. The zero-order valence-corrected chi connectivity index (χ0v) is 23.1. The van der Waals surface area contributed by atoms with Gasteiger partial charge in [0.1, 0.15) is 5.75 Å². The molecule has 1 rings (SSSR count). The molecule has 0 fully saturated rings. The van der Waals surface area contributed by atoms with Crippen LogP contribution in [0.1, 0.15) is 161 Å². The molecule has 0 spiro atoms. The Hall–Kier alpha value is -1.51. The van der Waals surface area contributed by atoms with Crippen molar-refractivity contribution in [3.63, 3.8) is 0 Å². The maximum absolute atomic E-state index is 11.9. The highest BCUT2D eigenvalue weighted by Crippen LogP contribution is 2.17. The number of phenols is 1. The zero-order chi connectivity index (χ0) is 25.2. The maximum Gasteiger partial charge on any atom is 0.224 e. The summed E-state index contributed by atoms with van der Waals surface area (Å²) in [5.41, 5.74) is 0.752. The second kappa shape index (κ2) is 24.2. The molecule has 2 N–H and O–H groups in total. The number of nitrogens with one attached hydrogen (secondary N) is 1. The smallest absolute Gasteiger partial charge is 0.224 e. The van der Waals surface area contributed by atoms with E-state index in [2.05, 4.69) is 12.2 Å². The highest BCUT2D eigenvalue weighted by molar-refractivity contribution is 5.90. The molecule has 0 radical (unpaired) electrons. The number of amides is 1. The number of anilines is 1. The summed E-state index contributed by atoms with van der Waals surface area (Å²) in [6.45, 7) is 2.29. The first-order valence-electron chi connectivity index (χ1n) is 15.3. The Labute approximate surface area is 217 Å². The number of carbonyl (C=O) groups is 1. The van der Waals surface area contributed by atoms with Crippen LogP contribution in [0.25, 0.3) is 0 Å². The van der Waals surface area contributed by atoms with E-state index in [1.54, 1.807) is 24.3 Å². The fourth-order valence-corrected chi connectivity index (χ4v) is 4.84. The summed E-state index contributed by atoms with van der Waals surface area (Å²) in [4.78, 5) is 11.9. The Kier molecular flexibility index (Phi) is 21.8. The fourth-order valence-electron chi connectivity index (χ4n) is 4.84. The lowest BCUT2D eigenvalue weighted by atomic mass is 10.0. The van der Waals surface area contributed by atoms with Gasteiger partial charge in [0.05, 0.1) is 0 Å². The molecular weight excluding hydrogens is 430 g/mol. The molecule has 1 aromatic rings. The van der Waals surface area contributed by atoms with Gasteiger partial charge in [-0.15, -0.1) is 0 Å². The Morgan fingerprint density at radius 1 is 0.543 bits per heavy atom. The van der Waals surface area contributed by atoms with E-state index in [1.807, 2.05) is 0 Å². The van der Waals surface area contributed by atoms with Gasteiger partial charge in [0.25, 0.3) is 0 Å². The Morgan fingerprint density at radius 3 is 1.20 bits per heavy atom. The van der Waals surface area contributed by atoms with Crippen LogP contribution in [0, 0.1) is 0 Å². The van der Waals surface area contributed by atoms with Crippen molar-refractivity contribution in [2.45, 2.75) is 161 Å². The van der Waals surface area contributed by atoms with E-state index in [1.165, 1.54) is 135 Å². The van der Waals surface area contributed by atoms with Gasteiger partial charge in [-0.1, -0.05) is 148 Å². The van der Waals surface area contributed by atoms with Gasteiger partial charge < -0.3 is 10.4 Å². The second-order valence-corrected chi connectivity index (χ2v) is 10.6. The van der Waals surface area contributed by atoms with Gasteiger partial charge in [-0.05, 0) is 30.7 Å². The number of aromatic hydroxyl groups is 1. The molecule has 0 saturated heterocycles. The highest BCUT2D eigenvalue weighted by Gasteiger charge is 2.02. The lowest BCUT2D eigenvalue weighted by Crippen LogP contribution is -2.10. The highest BCUT2D eigenvalue weighted by atomic mass is 16.3. The summed E-state index contributed by atoms with van der Waals surface area (Å²) >= 11 is 0. The summed E-state index contributed by atoms with van der Waals surface area (Å²) < 4.78 is 0. The number of hydrogen-bond donors (Lipinski definition) is 2. The maximum atomic E-state index is 11.9. The monoisotopic (exact) mass is 487 g/mol. The molecular formula is C32H57NO2.